The Morgan fingerprint density at radius 3 is 1.78 bits per heavy atom. The van der Waals surface area contributed by atoms with Gasteiger partial charge in [-0.15, -0.1) is 36.6 Å². The molecule has 0 unspecified atom stereocenters. The second kappa shape index (κ2) is 9.38. The van der Waals surface area contributed by atoms with E-state index < -0.39 is 15.0 Å². The van der Waals surface area contributed by atoms with Gasteiger partial charge in [0.2, 0.25) is 0 Å². The van der Waals surface area contributed by atoms with Crippen molar-refractivity contribution in [2.75, 3.05) is 13.1 Å². The number of hydrogen-bond acceptors (Lipinski definition) is 0. The molecule has 0 bridgehead atoms. The van der Waals surface area contributed by atoms with E-state index in [0.29, 0.717) is 0 Å². The molecule has 0 atom stereocenters. The van der Waals surface area contributed by atoms with Gasteiger partial charge >= 0.3 is 72.2 Å². The van der Waals surface area contributed by atoms with Gasteiger partial charge in [-0.3, -0.25) is 0 Å². The molecule has 0 aliphatic carbocycles. The van der Waals surface area contributed by atoms with Crippen molar-refractivity contribution in [3.05, 3.63) is 46.0 Å². The van der Waals surface area contributed by atoms with Gasteiger partial charge in [0.05, 0.1) is 0 Å². The van der Waals surface area contributed by atoms with Gasteiger partial charge in [-0.2, -0.15) is 0 Å². The van der Waals surface area contributed by atoms with Crippen molar-refractivity contribution in [3.8, 4) is 0 Å². The fourth-order valence-electron chi connectivity index (χ4n) is 2.72. The number of halogens is 2. The maximum absolute atomic E-state index is 6.26. The normalized spacial score (nSPS) is 14.8. The van der Waals surface area contributed by atoms with E-state index in [9.17, 15) is 0 Å². The molecule has 3 rings (SSSR count). The molecule has 23 heavy (non-hydrogen) atoms. The van der Waals surface area contributed by atoms with E-state index in [0.717, 1.165) is 24.5 Å². The zero-order valence-corrected chi connectivity index (χ0v) is 19.1. The summed E-state index contributed by atoms with van der Waals surface area (Å²) in [4.78, 5) is 0. The zero-order chi connectivity index (χ0) is 16.7. The van der Waals surface area contributed by atoms with Crippen LogP contribution in [-0.4, -0.2) is 28.1 Å². The molecule has 2 aliphatic rings. The van der Waals surface area contributed by atoms with Gasteiger partial charge in [-0.1, -0.05) is 24.3 Å². The first kappa shape index (κ1) is 19.2. The van der Waals surface area contributed by atoms with Crippen LogP contribution in [0.25, 0.3) is 22.8 Å². The van der Waals surface area contributed by atoms with Crippen molar-refractivity contribution in [1.29, 1.82) is 0 Å². The Morgan fingerprint density at radius 1 is 0.957 bits per heavy atom. The summed E-state index contributed by atoms with van der Waals surface area (Å²) in [5.74, 6) is 0. The number of nitrogens with zero attached hydrogens (tertiary/aromatic N) is 2. The zero-order valence-electron chi connectivity index (χ0n) is 13.9. The van der Waals surface area contributed by atoms with Crippen LogP contribution in [0.2, 0.25) is 8.87 Å². The summed E-state index contributed by atoms with van der Waals surface area (Å²) in [6.45, 7) is 5.96. The molecule has 1 aromatic carbocycles. The SMILES string of the molecule is C1=Cc2ccc3c(c2[N-]C1)[N-]CC=C3.CC[CH2][Sn]([Cl])([Br])[CH2]CC. The Balaban J connectivity index is 0.000000188. The third-order valence-corrected chi connectivity index (χ3v) is 18.6. The van der Waals surface area contributed by atoms with E-state index in [1.54, 1.807) is 0 Å². The minimum absolute atomic E-state index is 0.780. The molecule has 0 saturated carbocycles. The van der Waals surface area contributed by atoms with Crippen LogP contribution in [0.4, 0.5) is 11.4 Å². The first-order valence-corrected chi connectivity index (χ1v) is 22.3. The van der Waals surface area contributed by atoms with Gasteiger partial charge < -0.3 is 10.6 Å². The molecular weight excluding hydrogens is 478 g/mol. The van der Waals surface area contributed by atoms with Gasteiger partial charge in [-0.25, -0.2) is 0 Å². The van der Waals surface area contributed by atoms with Crippen LogP contribution in [0.3, 0.4) is 0 Å². The van der Waals surface area contributed by atoms with Crippen molar-refractivity contribution < 1.29 is 0 Å². The first-order chi connectivity index (χ1) is 11.1. The van der Waals surface area contributed by atoms with Crippen molar-refractivity contribution in [2.24, 2.45) is 0 Å². The van der Waals surface area contributed by atoms with Gasteiger partial charge in [0.25, 0.3) is 0 Å². The molecular formula is C18H24BrClN2Sn-2. The molecule has 0 saturated heterocycles. The average molecular weight is 502 g/mol. The molecule has 2 heterocycles. The summed E-state index contributed by atoms with van der Waals surface area (Å²) in [5, 5.41) is 8.98. The Bertz CT molecular complexity index is 536. The van der Waals surface area contributed by atoms with Crippen LogP contribution < -0.4 is 0 Å². The molecule has 0 fully saturated rings. The third-order valence-electron chi connectivity index (χ3n) is 3.75. The summed E-state index contributed by atoms with van der Waals surface area (Å²) in [6.07, 6.45) is 10.9. The Labute approximate surface area is 154 Å². The molecule has 0 N–H and O–H groups in total. The van der Waals surface area contributed by atoms with E-state index in [4.69, 9.17) is 8.92 Å². The van der Waals surface area contributed by atoms with E-state index in [1.165, 1.54) is 32.8 Å². The van der Waals surface area contributed by atoms with Crippen LogP contribution in [-0.2, 0) is 0 Å². The molecule has 0 radical (unpaired) electrons. The van der Waals surface area contributed by atoms with Gasteiger partial charge in [0, 0.05) is 0 Å². The molecule has 2 nitrogen and oxygen atoms in total. The second-order valence-electron chi connectivity index (χ2n) is 5.78. The van der Waals surface area contributed by atoms with Crippen LogP contribution in [0, 0.1) is 0 Å². The van der Waals surface area contributed by atoms with Gasteiger partial charge in [-0.05, 0) is 11.1 Å². The van der Waals surface area contributed by atoms with Crippen LogP contribution in [0.5, 0.6) is 0 Å². The topological polar surface area (TPSA) is 28.2 Å². The fraction of sp³-hybridized carbons (Fsp3) is 0.444. The number of benzene rings is 1. The Kier molecular flexibility index (Phi) is 7.83. The third kappa shape index (κ3) is 5.71. The Hall–Kier alpha value is -0.131. The van der Waals surface area contributed by atoms with Crippen LogP contribution in [0.1, 0.15) is 37.8 Å². The van der Waals surface area contributed by atoms with E-state index in [-0.39, 0.29) is 0 Å². The van der Waals surface area contributed by atoms with E-state index in [1.807, 2.05) is 0 Å². The summed E-state index contributed by atoms with van der Waals surface area (Å²) >= 11 is 1.59. The quantitative estimate of drug-likeness (QED) is 0.379. The van der Waals surface area contributed by atoms with E-state index >= 15 is 0 Å². The van der Waals surface area contributed by atoms with Crippen molar-refractivity contribution in [1.82, 2.24) is 0 Å². The molecule has 2 aliphatic heterocycles. The first-order valence-electron chi connectivity index (χ1n) is 8.30. The predicted molar refractivity (Wildman–Crippen MR) is 111 cm³/mol. The molecule has 0 amide bonds. The molecule has 126 valence electrons. The number of rotatable bonds is 4. The number of fused-ring (bicyclic) bond motifs is 3. The van der Waals surface area contributed by atoms with Crippen molar-refractivity contribution in [3.63, 3.8) is 0 Å². The second-order valence-corrected chi connectivity index (χ2v) is 31.6. The summed E-state index contributed by atoms with van der Waals surface area (Å²) in [5.41, 5.74) is 4.51. The summed E-state index contributed by atoms with van der Waals surface area (Å²) < 4.78 is 2.54. The molecule has 0 spiro atoms. The molecule has 0 aromatic heterocycles. The summed E-state index contributed by atoms with van der Waals surface area (Å²) in [7, 11) is 6.26. The van der Waals surface area contributed by atoms with Crippen LogP contribution >= 0.6 is 21.6 Å². The van der Waals surface area contributed by atoms with Gasteiger partial charge in [0.15, 0.2) is 0 Å². The van der Waals surface area contributed by atoms with Crippen molar-refractivity contribution in [2.45, 2.75) is 35.6 Å². The summed E-state index contributed by atoms with van der Waals surface area (Å²) in [6, 6.07) is 4.22. The molecule has 5 heteroatoms. The maximum atomic E-state index is 6.26. The average Bonchev–Trinajstić information content (AvgIpc) is 2.55. The monoisotopic (exact) mass is 502 g/mol. The van der Waals surface area contributed by atoms with E-state index in [2.05, 4.69) is 73.6 Å². The molecule has 1 aromatic rings. The Morgan fingerprint density at radius 2 is 1.39 bits per heavy atom. The van der Waals surface area contributed by atoms with Crippen molar-refractivity contribution >= 4 is 60.2 Å². The standard InChI is InChI=1S/C12H10N2.2C3H7.BrH.ClH.Sn/c1-3-9-5-6-10-4-2-8-14-12(10)11(9)13-7-1;2*1-3-2;;;/h1-6H,7-8H2;2*1,3H2,2H3;2*1H;/q-2;;;;;+2/p-2. The fourth-order valence-corrected chi connectivity index (χ4v) is 15.5. The number of hydrogen-bond donors (Lipinski definition) is 0. The van der Waals surface area contributed by atoms with Crippen LogP contribution in [0.15, 0.2) is 24.3 Å². The predicted octanol–water partition coefficient (Wildman–Crippen LogP) is 7.63. The van der Waals surface area contributed by atoms with Gasteiger partial charge in [0.1, 0.15) is 0 Å². The minimum atomic E-state index is -2.09.